The fraction of sp³-hybridized carbons (Fsp3) is 0.450. The molecule has 6 atom stereocenters. The summed E-state index contributed by atoms with van der Waals surface area (Å²) in [5.74, 6) is 1.02. The highest BCUT2D eigenvalue weighted by atomic mass is 79.9. The van der Waals surface area contributed by atoms with Crippen LogP contribution in [0.25, 0.3) is 0 Å². The van der Waals surface area contributed by atoms with E-state index in [9.17, 15) is 14.4 Å². The first-order valence-electron chi connectivity index (χ1n) is 9.04. The van der Waals surface area contributed by atoms with E-state index in [2.05, 4.69) is 28.1 Å². The molecular formula is C20H18BrNO4. The Morgan fingerprint density at radius 2 is 1.62 bits per heavy atom. The standard InChI is InChI=1S/C20H18BrNO4/c21-10-1-3-11(4-2-10)26-16(23)7-8-22-19(24)17-12-5-6-13(15-9-14(12)15)18(17)20(22)25/h1-6,12-15,17-18H,7-9H2/t12-,13-,14-,15-,17-,18+/m0/s1. The van der Waals surface area contributed by atoms with Crippen LogP contribution in [-0.4, -0.2) is 29.2 Å². The Labute approximate surface area is 159 Å². The molecule has 1 aromatic rings. The molecule has 0 unspecified atom stereocenters. The number of nitrogens with zero attached hydrogens (tertiary/aromatic N) is 1. The Morgan fingerprint density at radius 3 is 2.19 bits per heavy atom. The smallest absolute Gasteiger partial charge is 0.312 e. The number of ether oxygens (including phenoxy) is 1. The van der Waals surface area contributed by atoms with Crippen molar-refractivity contribution in [3.05, 3.63) is 40.9 Å². The number of likely N-dealkylation sites (tertiary alicyclic amines) is 1. The highest BCUT2D eigenvalue weighted by Gasteiger charge is 2.66. The maximum atomic E-state index is 12.8. The quantitative estimate of drug-likeness (QED) is 0.328. The molecule has 5 nitrogen and oxygen atoms in total. The molecule has 4 aliphatic carbocycles. The summed E-state index contributed by atoms with van der Waals surface area (Å²) in [4.78, 5) is 39.0. The van der Waals surface area contributed by atoms with Gasteiger partial charge in [0, 0.05) is 11.0 Å². The number of carbonyl (C=O) groups excluding carboxylic acids is 3. The zero-order valence-electron chi connectivity index (χ0n) is 14.0. The van der Waals surface area contributed by atoms with Crippen LogP contribution in [0, 0.1) is 35.5 Å². The van der Waals surface area contributed by atoms with Crippen molar-refractivity contribution in [1.29, 1.82) is 0 Å². The average Bonchev–Trinajstić information content (AvgIpc) is 3.41. The van der Waals surface area contributed by atoms with Crippen LogP contribution in [-0.2, 0) is 14.4 Å². The molecule has 26 heavy (non-hydrogen) atoms. The van der Waals surface area contributed by atoms with Gasteiger partial charge in [-0.05, 0) is 54.4 Å². The second kappa shape index (κ2) is 5.78. The van der Waals surface area contributed by atoms with Gasteiger partial charge in [0.1, 0.15) is 5.75 Å². The molecule has 5 aliphatic rings. The minimum Gasteiger partial charge on any atom is -0.426 e. The van der Waals surface area contributed by atoms with Gasteiger partial charge in [-0.2, -0.15) is 0 Å². The minimum atomic E-state index is -0.438. The number of esters is 1. The lowest BCUT2D eigenvalue weighted by atomic mass is 9.63. The van der Waals surface area contributed by atoms with E-state index in [0.717, 1.165) is 10.9 Å². The summed E-state index contributed by atoms with van der Waals surface area (Å²) in [7, 11) is 0. The molecule has 1 aliphatic heterocycles. The predicted octanol–water partition coefficient (Wildman–Crippen LogP) is 2.80. The van der Waals surface area contributed by atoms with Gasteiger partial charge in [0.2, 0.25) is 11.8 Å². The third-order valence-electron chi connectivity index (χ3n) is 6.34. The van der Waals surface area contributed by atoms with Crippen LogP contribution in [0.2, 0.25) is 0 Å². The maximum Gasteiger partial charge on any atom is 0.312 e. The summed E-state index contributed by atoms with van der Waals surface area (Å²) in [6, 6.07) is 6.96. The van der Waals surface area contributed by atoms with E-state index >= 15 is 0 Å². The van der Waals surface area contributed by atoms with Crippen LogP contribution < -0.4 is 4.74 Å². The number of amides is 2. The van der Waals surface area contributed by atoms with E-state index in [-0.39, 0.29) is 48.5 Å². The topological polar surface area (TPSA) is 63.7 Å². The second-order valence-corrected chi connectivity index (χ2v) is 8.58. The SMILES string of the molecule is O=C(CCN1C(=O)[C@@H]2[C@H]3C=C[C@@H]([C@@H]4C[C@@H]34)[C@@H]2C1=O)Oc1ccc(Br)cc1. The largest absolute Gasteiger partial charge is 0.426 e. The molecular weight excluding hydrogens is 398 g/mol. The van der Waals surface area contributed by atoms with Crippen LogP contribution in [0.1, 0.15) is 12.8 Å². The maximum absolute atomic E-state index is 12.8. The van der Waals surface area contributed by atoms with Crippen molar-refractivity contribution < 1.29 is 19.1 Å². The van der Waals surface area contributed by atoms with Crippen molar-refractivity contribution in [2.45, 2.75) is 12.8 Å². The predicted molar refractivity (Wildman–Crippen MR) is 95.8 cm³/mol. The van der Waals surface area contributed by atoms with Crippen molar-refractivity contribution in [1.82, 2.24) is 4.90 Å². The molecule has 6 rings (SSSR count). The number of rotatable bonds is 4. The number of hydrogen-bond donors (Lipinski definition) is 0. The summed E-state index contributed by atoms with van der Waals surface area (Å²) < 4.78 is 6.17. The molecule has 1 saturated heterocycles. The van der Waals surface area contributed by atoms with Gasteiger partial charge in [0.05, 0.1) is 18.3 Å². The van der Waals surface area contributed by atoms with Crippen molar-refractivity contribution in [3.8, 4) is 5.75 Å². The van der Waals surface area contributed by atoms with Crippen LogP contribution in [0.3, 0.4) is 0 Å². The van der Waals surface area contributed by atoms with E-state index in [1.54, 1.807) is 24.3 Å². The van der Waals surface area contributed by atoms with Gasteiger partial charge in [-0.25, -0.2) is 0 Å². The summed E-state index contributed by atoms with van der Waals surface area (Å²) in [5.41, 5.74) is 0. The highest BCUT2D eigenvalue weighted by Crippen LogP contribution is 2.65. The molecule has 1 aromatic carbocycles. The van der Waals surface area contributed by atoms with Gasteiger partial charge in [-0.15, -0.1) is 0 Å². The normalized spacial score (nSPS) is 36.1. The number of halogens is 1. The van der Waals surface area contributed by atoms with Crippen LogP contribution in [0.4, 0.5) is 0 Å². The van der Waals surface area contributed by atoms with E-state index in [1.807, 2.05) is 0 Å². The number of hydrogen-bond acceptors (Lipinski definition) is 4. The molecule has 3 fully saturated rings. The molecule has 1 heterocycles. The molecule has 134 valence electrons. The lowest BCUT2D eigenvalue weighted by Gasteiger charge is -2.37. The van der Waals surface area contributed by atoms with E-state index < -0.39 is 5.97 Å². The molecule has 0 N–H and O–H groups in total. The van der Waals surface area contributed by atoms with Crippen molar-refractivity contribution >= 4 is 33.7 Å². The van der Waals surface area contributed by atoms with E-state index in [4.69, 9.17) is 4.74 Å². The second-order valence-electron chi connectivity index (χ2n) is 7.66. The van der Waals surface area contributed by atoms with Crippen LogP contribution >= 0.6 is 15.9 Å². The molecule has 0 aromatic heterocycles. The minimum absolute atomic E-state index is 0.0165. The summed E-state index contributed by atoms with van der Waals surface area (Å²) in [6.07, 6.45) is 5.46. The van der Waals surface area contributed by atoms with E-state index in [0.29, 0.717) is 17.6 Å². The number of imide groups is 1. The van der Waals surface area contributed by atoms with Gasteiger partial charge in [-0.3, -0.25) is 19.3 Å². The zero-order chi connectivity index (χ0) is 18.0. The van der Waals surface area contributed by atoms with Gasteiger partial charge in [0.25, 0.3) is 0 Å². The first-order valence-corrected chi connectivity index (χ1v) is 9.83. The molecule has 2 saturated carbocycles. The number of allylic oxidation sites excluding steroid dienone is 2. The van der Waals surface area contributed by atoms with Crippen molar-refractivity contribution in [2.75, 3.05) is 6.54 Å². The Bertz CT molecular complexity index is 797. The van der Waals surface area contributed by atoms with Crippen LogP contribution in [0.15, 0.2) is 40.9 Å². The zero-order valence-corrected chi connectivity index (χ0v) is 15.6. The third kappa shape index (κ3) is 2.38. The van der Waals surface area contributed by atoms with E-state index in [1.165, 1.54) is 4.90 Å². The Kier molecular flexibility index (Phi) is 3.61. The summed E-state index contributed by atoms with van der Waals surface area (Å²) in [5, 5.41) is 0. The van der Waals surface area contributed by atoms with Crippen molar-refractivity contribution in [3.63, 3.8) is 0 Å². The lowest BCUT2D eigenvalue weighted by Crippen LogP contribution is -2.40. The molecule has 2 amide bonds. The fourth-order valence-corrected chi connectivity index (χ4v) is 5.39. The Hall–Kier alpha value is -1.95. The van der Waals surface area contributed by atoms with Crippen LogP contribution in [0.5, 0.6) is 5.75 Å². The summed E-state index contributed by atoms with van der Waals surface area (Å²) in [6.45, 7) is 0.106. The first kappa shape index (κ1) is 16.2. The third-order valence-corrected chi connectivity index (χ3v) is 6.87. The van der Waals surface area contributed by atoms with Gasteiger partial charge >= 0.3 is 5.97 Å². The highest BCUT2D eigenvalue weighted by molar-refractivity contribution is 9.10. The Morgan fingerprint density at radius 1 is 1.04 bits per heavy atom. The molecule has 0 spiro atoms. The van der Waals surface area contributed by atoms with Gasteiger partial charge in [0.15, 0.2) is 0 Å². The average molecular weight is 416 g/mol. The molecule has 2 bridgehead atoms. The number of benzene rings is 1. The molecule has 0 radical (unpaired) electrons. The lowest BCUT2D eigenvalue weighted by molar-refractivity contribution is -0.141. The summed E-state index contributed by atoms with van der Waals surface area (Å²) >= 11 is 3.32. The first-order chi connectivity index (χ1) is 12.5. The number of carbonyl (C=O) groups is 3. The fourth-order valence-electron chi connectivity index (χ4n) is 5.13. The van der Waals surface area contributed by atoms with Crippen molar-refractivity contribution in [2.24, 2.45) is 35.5 Å². The molecule has 6 heteroatoms. The Balaban J connectivity index is 1.24. The monoisotopic (exact) mass is 415 g/mol. The van der Waals surface area contributed by atoms with Gasteiger partial charge in [-0.1, -0.05) is 28.1 Å². The van der Waals surface area contributed by atoms with Gasteiger partial charge < -0.3 is 4.74 Å².